The van der Waals surface area contributed by atoms with Crippen LogP contribution >= 0.6 is 0 Å². The molecular formula is C21H25N7O. The van der Waals surface area contributed by atoms with Crippen molar-refractivity contribution in [1.82, 2.24) is 29.7 Å². The maximum absolute atomic E-state index is 6.02. The average Bonchev–Trinajstić information content (AvgIpc) is 3.14. The van der Waals surface area contributed by atoms with Gasteiger partial charge in [0.2, 0.25) is 0 Å². The summed E-state index contributed by atoms with van der Waals surface area (Å²) in [5, 5.41) is 4.18. The summed E-state index contributed by atoms with van der Waals surface area (Å²) in [6.07, 6.45) is 14.8. The van der Waals surface area contributed by atoms with Crippen molar-refractivity contribution in [2.24, 2.45) is 7.05 Å². The molecule has 0 amide bonds. The average molecular weight is 391 g/mol. The highest BCUT2D eigenvalue weighted by atomic mass is 16.5. The van der Waals surface area contributed by atoms with Crippen LogP contribution in [0.1, 0.15) is 43.7 Å². The third-order valence-corrected chi connectivity index (χ3v) is 5.90. The lowest BCUT2D eigenvalue weighted by Crippen LogP contribution is -2.39. The second kappa shape index (κ2) is 7.77. The fourth-order valence-corrected chi connectivity index (χ4v) is 3.91. The van der Waals surface area contributed by atoms with Crippen molar-refractivity contribution in [1.29, 1.82) is 0 Å². The summed E-state index contributed by atoms with van der Waals surface area (Å²) >= 11 is 0. The Bertz CT molecular complexity index is 959. The molecule has 29 heavy (non-hydrogen) atoms. The molecule has 0 spiro atoms. The fraction of sp³-hybridized carbons (Fsp3) is 0.476. The summed E-state index contributed by atoms with van der Waals surface area (Å²) in [4.78, 5) is 20.1. The normalized spacial score (nSPS) is 17.9. The van der Waals surface area contributed by atoms with E-state index in [2.05, 4.69) is 36.0 Å². The van der Waals surface area contributed by atoms with E-state index in [4.69, 9.17) is 4.74 Å². The quantitative estimate of drug-likeness (QED) is 0.661. The minimum Gasteiger partial charge on any atom is -0.460 e. The topological polar surface area (TPSA) is 81.9 Å². The molecule has 0 atom stereocenters. The van der Waals surface area contributed by atoms with Crippen LogP contribution in [-0.2, 0) is 7.05 Å². The van der Waals surface area contributed by atoms with Crippen molar-refractivity contribution in [2.75, 3.05) is 18.0 Å². The van der Waals surface area contributed by atoms with Crippen molar-refractivity contribution in [3.8, 4) is 17.1 Å². The Labute approximate surface area is 170 Å². The van der Waals surface area contributed by atoms with Crippen LogP contribution < -0.4 is 9.64 Å². The van der Waals surface area contributed by atoms with E-state index < -0.39 is 0 Å². The van der Waals surface area contributed by atoms with Gasteiger partial charge in [0.15, 0.2) is 0 Å². The van der Waals surface area contributed by atoms with Crippen molar-refractivity contribution < 1.29 is 4.74 Å². The van der Waals surface area contributed by atoms with Crippen LogP contribution in [0.3, 0.4) is 0 Å². The van der Waals surface area contributed by atoms with Crippen molar-refractivity contribution in [3.05, 3.63) is 42.9 Å². The van der Waals surface area contributed by atoms with Crippen LogP contribution in [0.25, 0.3) is 11.1 Å². The molecule has 1 aliphatic carbocycles. The molecule has 150 valence electrons. The van der Waals surface area contributed by atoms with Crippen LogP contribution in [0, 0.1) is 0 Å². The zero-order chi connectivity index (χ0) is 19.6. The van der Waals surface area contributed by atoms with E-state index in [9.17, 15) is 0 Å². The number of anilines is 1. The van der Waals surface area contributed by atoms with E-state index in [1.807, 2.05) is 13.2 Å². The molecule has 0 unspecified atom stereocenters. The highest BCUT2D eigenvalue weighted by Gasteiger charge is 2.25. The summed E-state index contributed by atoms with van der Waals surface area (Å²) < 4.78 is 7.79. The molecule has 5 rings (SSSR count). The molecule has 0 N–H and O–H groups in total. The molecule has 8 nitrogen and oxygen atoms in total. The van der Waals surface area contributed by atoms with E-state index in [1.165, 1.54) is 25.0 Å². The van der Waals surface area contributed by atoms with Crippen LogP contribution in [0.2, 0.25) is 0 Å². The van der Waals surface area contributed by atoms with Crippen molar-refractivity contribution >= 4 is 5.82 Å². The van der Waals surface area contributed by atoms with Gasteiger partial charge < -0.3 is 9.64 Å². The smallest absolute Gasteiger partial charge is 0.316 e. The van der Waals surface area contributed by atoms with E-state index in [0.717, 1.165) is 42.9 Å². The van der Waals surface area contributed by atoms with Gasteiger partial charge >= 0.3 is 6.01 Å². The largest absolute Gasteiger partial charge is 0.460 e. The molecule has 3 aromatic heterocycles. The maximum atomic E-state index is 6.02. The molecule has 2 aliphatic rings. The molecule has 4 heterocycles. The minimum atomic E-state index is 0.128. The standard InChI is InChI=1S/C21H25N7O/c1-27-13-17(12-26-27)16-10-22-21(23-11-16)29-18-5-7-28(8-6-18)20-9-19(24-14-25-20)15-3-2-4-15/h9-15,18H,2-8H2,1H3. The Morgan fingerprint density at radius 3 is 2.38 bits per heavy atom. The first-order valence-electron chi connectivity index (χ1n) is 10.3. The van der Waals surface area contributed by atoms with Gasteiger partial charge in [0.05, 0.1) is 6.20 Å². The Balaban J connectivity index is 1.17. The number of nitrogens with zero attached hydrogens (tertiary/aromatic N) is 7. The van der Waals surface area contributed by atoms with Gasteiger partial charge in [0, 0.05) is 80.4 Å². The predicted octanol–water partition coefficient (Wildman–Crippen LogP) is 2.98. The van der Waals surface area contributed by atoms with Crippen molar-refractivity contribution in [2.45, 2.75) is 44.1 Å². The number of piperidine rings is 1. The number of hydrogen-bond donors (Lipinski definition) is 0. The third kappa shape index (κ3) is 3.92. The minimum absolute atomic E-state index is 0.128. The van der Waals surface area contributed by atoms with Gasteiger partial charge in [-0.25, -0.2) is 19.9 Å². The van der Waals surface area contributed by atoms with E-state index in [-0.39, 0.29) is 6.10 Å². The van der Waals surface area contributed by atoms with E-state index >= 15 is 0 Å². The van der Waals surface area contributed by atoms with Crippen molar-refractivity contribution in [3.63, 3.8) is 0 Å². The third-order valence-electron chi connectivity index (χ3n) is 5.90. The van der Waals surface area contributed by atoms with Crippen LogP contribution in [0.5, 0.6) is 6.01 Å². The van der Waals surface area contributed by atoms with Gasteiger partial charge in [-0.15, -0.1) is 0 Å². The SMILES string of the molecule is Cn1cc(-c2cnc(OC3CCN(c4cc(C5CCC5)ncn4)CC3)nc2)cn1. The zero-order valence-corrected chi connectivity index (χ0v) is 16.6. The number of ether oxygens (including phenoxy) is 1. The lowest BCUT2D eigenvalue weighted by molar-refractivity contribution is 0.156. The van der Waals surface area contributed by atoms with Gasteiger partial charge in [-0.3, -0.25) is 4.68 Å². The summed E-state index contributed by atoms with van der Waals surface area (Å²) in [6.45, 7) is 1.83. The first-order chi connectivity index (χ1) is 14.2. The molecule has 0 radical (unpaired) electrons. The monoisotopic (exact) mass is 391 g/mol. The molecule has 8 heteroatoms. The molecule has 1 aliphatic heterocycles. The number of aromatic nitrogens is 6. The van der Waals surface area contributed by atoms with Gasteiger partial charge in [-0.05, 0) is 12.8 Å². The van der Waals surface area contributed by atoms with Gasteiger partial charge in [0.25, 0.3) is 0 Å². The Kier molecular flexibility index (Phi) is 4.83. The maximum Gasteiger partial charge on any atom is 0.316 e. The lowest BCUT2D eigenvalue weighted by Gasteiger charge is -2.33. The first-order valence-corrected chi connectivity index (χ1v) is 10.3. The van der Waals surface area contributed by atoms with Crippen LogP contribution in [-0.4, -0.2) is 48.9 Å². The summed E-state index contributed by atoms with van der Waals surface area (Å²) in [5.41, 5.74) is 3.13. The number of hydrogen-bond acceptors (Lipinski definition) is 7. The Morgan fingerprint density at radius 2 is 1.72 bits per heavy atom. The Hall–Kier alpha value is -3.03. The number of rotatable bonds is 5. The Morgan fingerprint density at radius 1 is 0.931 bits per heavy atom. The highest BCUT2D eigenvalue weighted by Crippen LogP contribution is 2.36. The predicted molar refractivity (Wildman–Crippen MR) is 109 cm³/mol. The molecule has 0 bridgehead atoms. The lowest BCUT2D eigenvalue weighted by atomic mass is 9.83. The highest BCUT2D eigenvalue weighted by molar-refractivity contribution is 5.59. The van der Waals surface area contributed by atoms with E-state index in [1.54, 1.807) is 29.6 Å². The number of aryl methyl sites for hydroxylation is 1. The van der Waals surface area contributed by atoms with Crippen LogP contribution in [0.4, 0.5) is 5.82 Å². The molecular weight excluding hydrogens is 366 g/mol. The summed E-state index contributed by atoms with van der Waals surface area (Å²) in [6, 6.07) is 2.61. The second-order valence-electron chi connectivity index (χ2n) is 7.89. The summed E-state index contributed by atoms with van der Waals surface area (Å²) in [7, 11) is 1.89. The van der Waals surface area contributed by atoms with Gasteiger partial charge in [0.1, 0.15) is 18.2 Å². The first kappa shape index (κ1) is 18.0. The summed E-state index contributed by atoms with van der Waals surface area (Å²) in [5.74, 6) is 1.67. The second-order valence-corrected chi connectivity index (χ2v) is 7.89. The molecule has 2 fully saturated rings. The molecule has 1 saturated heterocycles. The van der Waals surface area contributed by atoms with Crippen LogP contribution in [0.15, 0.2) is 37.2 Å². The fourth-order valence-electron chi connectivity index (χ4n) is 3.91. The van der Waals surface area contributed by atoms with Gasteiger partial charge in [-0.2, -0.15) is 5.10 Å². The van der Waals surface area contributed by atoms with Gasteiger partial charge in [-0.1, -0.05) is 6.42 Å². The molecule has 1 saturated carbocycles. The molecule has 0 aromatic carbocycles. The molecule has 3 aromatic rings. The zero-order valence-electron chi connectivity index (χ0n) is 16.6. The van der Waals surface area contributed by atoms with E-state index in [0.29, 0.717) is 11.9 Å².